The smallest absolute Gasteiger partial charge is 0.130 e. The molecular formula is C8H10N2. The second-order valence-electron chi connectivity index (χ2n) is 1.93. The van der Waals surface area contributed by atoms with E-state index in [1.165, 1.54) is 0 Å². The lowest BCUT2D eigenvalue weighted by atomic mass is 10.5. The van der Waals surface area contributed by atoms with Gasteiger partial charge in [-0.25, -0.2) is 4.98 Å². The zero-order valence-corrected chi connectivity index (χ0v) is 5.96. The Balaban J connectivity index is 2.87. The van der Waals surface area contributed by atoms with Gasteiger partial charge in [0, 0.05) is 0 Å². The van der Waals surface area contributed by atoms with Crippen molar-refractivity contribution in [2.75, 3.05) is 0 Å². The number of nitrogens with one attached hydrogen (secondary N) is 1. The first-order valence-electron chi connectivity index (χ1n) is 3.17. The standard InChI is InChI=1S/C8H10N2/c1-3-5-8-9-6-7(4-2)10-8/h3-6H,2H2,1H3,(H,9,10). The monoisotopic (exact) mass is 134 g/mol. The van der Waals surface area contributed by atoms with Crippen LogP contribution in [0, 0.1) is 0 Å². The minimum Gasteiger partial charge on any atom is -0.339 e. The molecule has 0 saturated heterocycles. The number of allylic oxidation sites excluding steroid dienone is 1. The number of rotatable bonds is 2. The summed E-state index contributed by atoms with van der Waals surface area (Å²) >= 11 is 0. The van der Waals surface area contributed by atoms with Gasteiger partial charge in [-0.3, -0.25) is 0 Å². The largest absolute Gasteiger partial charge is 0.339 e. The Morgan fingerprint density at radius 1 is 1.70 bits per heavy atom. The average molecular weight is 134 g/mol. The summed E-state index contributed by atoms with van der Waals surface area (Å²) in [5.41, 5.74) is 0.952. The lowest BCUT2D eigenvalue weighted by Gasteiger charge is -1.80. The van der Waals surface area contributed by atoms with Gasteiger partial charge < -0.3 is 4.98 Å². The van der Waals surface area contributed by atoms with Crippen molar-refractivity contribution in [3.8, 4) is 0 Å². The van der Waals surface area contributed by atoms with Crippen molar-refractivity contribution in [2.24, 2.45) is 0 Å². The summed E-state index contributed by atoms with van der Waals surface area (Å²) in [5.74, 6) is 0.873. The number of aromatic nitrogens is 2. The van der Waals surface area contributed by atoms with E-state index in [4.69, 9.17) is 0 Å². The van der Waals surface area contributed by atoms with E-state index in [1.54, 1.807) is 12.3 Å². The molecule has 0 radical (unpaired) electrons. The van der Waals surface area contributed by atoms with Crippen LogP contribution in [0.1, 0.15) is 18.4 Å². The predicted octanol–water partition coefficient (Wildman–Crippen LogP) is 2.09. The molecule has 1 N–H and O–H groups in total. The van der Waals surface area contributed by atoms with E-state index in [1.807, 2.05) is 19.1 Å². The van der Waals surface area contributed by atoms with Crippen LogP contribution in [0.5, 0.6) is 0 Å². The summed E-state index contributed by atoms with van der Waals surface area (Å²) in [7, 11) is 0. The van der Waals surface area contributed by atoms with Crippen molar-refractivity contribution in [1.29, 1.82) is 0 Å². The SMILES string of the molecule is C=Cc1cnc(C=CC)[nH]1. The molecule has 0 aliphatic rings. The van der Waals surface area contributed by atoms with Gasteiger partial charge >= 0.3 is 0 Å². The van der Waals surface area contributed by atoms with Crippen molar-refractivity contribution in [3.63, 3.8) is 0 Å². The van der Waals surface area contributed by atoms with Crippen LogP contribution in [0.25, 0.3) is 12.2 Å². The van der Waals surface area contributed by atoms with Gasteiger partial charge in [0.2, 0.25) is 0 Å². The molecule has 0 unspecified atom stereocenters. The van der Waals surface area contributed by atoms with Crippen LogP contribution in [0.15, 0.2) is 18.9 Å². The molecular weight excluding hydrogens is 124 g/mol. The maximum atomic E-state index is 4.06. The highest BCUT2D eigenvalue weighted by Gasteiger charge is 1.89. The molecule has 0 atom stereocenters. The number of imidazole rings is 1. The third-order valence-electron chi connectivity index (χ3n) is 1.16. The number of hydrogen-bond acceptors (Lipinski definition) is 1. The topological polar surface area (TPSA) is 28.7 Å². The lowest BCUT2D eigenvalue weighted by molar-refractivity contribution is 1.26. The van der Waals surface area contributed by atoms with E-state index in [9.17, 15) is 0 Å². The maximum absolute atomic E-state index is 4.06. The molecule has 0 amide bonds. The van der Waals surface area contributed by atoms with E-state index in [2.05, 4.69) is 16.5 Å². The van der Waals surface area contributed by atoms with Crippen molar-refractivity contribution < 1.29 is 0 Å². The molecule has 52 valence electrons. The van der Waals surface area contributed by atoms with Crippen molar-refractivity contribution in [2.45, 2.75) is 6.92 Å². The Labute approximate surface area is 60.3 Å². The fraction of sp³-hybridized carbons (Fsp3) is 0.125. The fourth-order valence-electron chi connectivity index (χ4n) is 0.698. The molecule has 10 heavy (non-hydrogen) atoms. The van der Waals surface area contributed by atoms with Crippen molar-refractivity contribution in [3.05, 3.63) is 30.4 Å². The van der Waals surface area contributed by atoms with Crippen molar-refractivity contribution in [1.82, 2.24) is 9.97 Å². The highest BCUT2D eigenvalue weighted by atomic mass is 14.9. The molecule has 0 saturated carbocycles. The molecule has 0 spiro atoms. The quantitative estimate of drug-likeness (QED) is 0.659. The molecule has 1 aromatic heterocycles. The van der Waals surface area contributed by atoms with Gasteiger partial charge in [-0.1, -0.05) is 12.7 Å². The minimum atomic E-state index is 0.873. The van der Waals surface area contributed by atoms with E-state index in [0.29, 0.717) is 0 Å². The summed E-state index contributed by atoms with van der Waals surface area (Å²) in [4.78, 5) is 7.11. The predicted molar refractivity (Wildman–Crippen MR) is 43.4 cm³/mol. The Kier molecular flexibility index (Phi) is 2.05. The molecule has 1 aromatic rings. The van der Waals surface area contributed by atoms with Crippen LogP contribution in [-0.4, -0.2) is 9.97 Å². The highest BCUT2D eigenvalue weighted by Crippen LogP contribution is 1.99. The summed E-state index contributed by atoms with van der Waals surface area (Å²) in [6.07, 6.45) is 7.33. The summed E-state index contributed by atoms with van der Waals surface area (Å²) in [6.45, 7) is 5.56. The first kappa shape index (κ1) is 6.81. The molecule has 0 aliphatic carbocycles. The molecule has 1 heterocycles. The fourth-order valence-corrected chi connectivity index (χ4v) is 0.698. The van der Waals surface area contributed by atoms with Crippen molar-refractivity contribution >= 4 is 12.2 Å². The molecule has 0 fully saturated rings. The van der Waals surface area contributed by atoms with Crippen LogP contribution in [-0.2, 0) is 0 Å². The molecule has 1 rings (SSSR count). The Morgan fingerprint density at radius 2 is 2.50 bits per heavy atom. The van der Waals surface area contributed by atoms with Gasteiger partial charge in [-0.05, 0) is 19.1 Å². The van der Waals surface area contributed by atoms with Crippen LogP contribution in [0.2, 0.25) is 0 Å². The second-order valence-corrected chi connectivity index (χ2v) is 1.93. The Morgan fingerprint density at radius 3 is 3.00 bits per heavy atom. The zero-order chi connectivity index (χ0) is 7.40. The van der Waals surface area contributed by atoms with Crippen LogP contribution >= 0.6 is 0 Å². The zero-order valence-electron chi connectivity index (χ0n) is 5.96. The number of hydrogen-bond donors (Lipinski definition) is 1. The summed E-state index contributed by atoms with van der Waals surface area (Å²) in [6, 6.07) is 0. The highest BCUT2D eigenvalue weighted by molar-refractivity contribution is 5.46. The Bertz CT molecular complexity index is 246. The molecule has 0 aliphatic heterocycles. The molecule has 2 nitrogen and oxygen atoms in total. The number of aromatic amines is 1. The van der Waals surface area contributed by atoms with Crippen LogP contribution in [0.3, 0.4) is 0 Å². The molecule has 2 heteroatoms. The summed E-state index contributed by atoms with van der Waals surface area (Å²) in [5, 5.41) is 0. The van der Waals surface area contributed by atoms with E-state index < -0.39 is 0 Å². The van der Waals surface area contributed by atoms with Crippen LogP contribution in [0.4, 0.5) is 0 Å². The lowest BCUT2D eigenvalue weighted by Crippen LogP contribution is -1.72. The van der Waals surface area contributed by atoms with E-state index in [-0.39, 0.29) is 0 Å². The first-order valence-corrected chi connectivity index (χ1v) is 3.17. The van der Waals surface area contributed by atoms with Gasteiger partial charge in [0.1, 0.15) is 5.82 Å². The maximum Gasteiger partial charge on any atom is 0.130 e. The summed E-state index contributed by atoms with van der Waals surface area (Å²) < 4.78 is 0. The number of H-pyrrole nitrogens is 1. The third-order valence-corrected chi connectivity index (χ3v) is 1.16. The third kappa shape index (κ3) is 1.35. The normalized spacial score (nSPS) is 10.5. The van der Waals surface area contributed by atoms with Gasteiger partial charge in [0.25, 0.3) is 0 Å². The van der Waals surface area contributed by atoms with Crippen LogP contribution < -0.4 is 0 Å². The van der Waals surface area contributed by atoms with E-state index in [0.717, 1.165) is 11.5 Å². The van der Waals surface area contributed by atoms with Gasteiger partial charge in [-0.15, -0.1) is 0 Å². The van der Waals surface area contributed by atoms with E-state index >= 15 is 0 Å². The number of nitrogens with zero attached hydrogens (tertiary/aromatic N) is 1. The minimum absolute atomic E-state index is 0.873. The molecule has 0 bridgehead atoms. The average Bonchev–Trinajstić information content (AvgIpc) is 2.37. The van der Waals surface area contributed by atoms with Gasteiger partial charge in [0.15, 0.2) is 0 Å². The first-order chi connectivity index (χ1) is 4.86. The second kappa shape index (κ2) is 3.01. The van der Waals surface area contributed by atoms with Gasteiger partial charge in [0.05, 0.1) is 11.9 Å². The molecule has 0 aromatic carbocycles. The Hall–Kier alpha value is -1.31. The van der Waals surface area contributed by atoms with Gasteiger partial charge in [-0.2, -0.15) is 0 Å².